The van der Waals surface area contributed by atoms with Crippen LogP contribution in [0.3, 0.4) is 0 Å². The van der Waals surface area contributed by atoms with Crippen molar-refractivity contribution in [3.8, 4) is 0 Å². The highest BCUT2D eigenvalue weighted by molar-refractivity contribution is 6.30. The van der Waals surface area contributed by atoms with Gasteiger partial charge in [0.2, 0.25) is 5.91 Å². The number of carbonyl (C=O) groups excluding carboxylic acids is 2. The second-order valence-corrected chi connectivity index (χ2v) is 6.45. The van der Waals surface area contributed by atoms with Gasteiger partial charge >= 0.3 is 5.97 Å². The van der Waals surface area contributed by atoms with Crippen LogP contribution in [-0.4, -0.2) is 25.0 Å². The zero-order chi connectivity index (χ0) is 16.8. The summed E-state index contributed by atoms with van der Waals surface area (Å²) in [5.74, 6) is -0.238. The Bertz CT molecular complexity index is 547. The molecule has 1 aliphatic rings. The Morgan fingerprint density at radius 1 is 1.35 bits per heavy atom. The molecule has 6 heteroatoms. The van der Waals surface area contributed by atoms with Gasteiger partial charge in [-0.2, -0.15) is 0 Å². The number of hydrogen-bond donors (Lipinski definition) is 2. The van der Waals surface area contributed by atoms with E-state index in [1.165, 1.54) is 7.11 Å². The molecule has 3 atom stereocenters. The summed E-state index contributed by atoms with van der Waals surface area (Å²) in [5.41, 5.74) is 6.84. The summed E-state index contributed by atoms with van der Waals surface area (Å²) in [5, 5.41) is 3.53. The normalized spacial score (nSPS) is 21.7. The highest BCUT2D eigenvalue weighted by atomic mass is 35.5. The fourth-order valence-corrected chi connectivity index (χ4v) is 3.13. The van der Waals surface area contributed by atoms with Crippen molar-refractivity contribution in [2.24, 2.45) is 11.7 Å². The monoisotopic (exact) mass is 338 g/mol. The van der Waals surface area contributed by atoms with Crippen LogP contribution in [0.1, 0.15) is 43.7 Å². The second-order valence-electron chi connectivity index (χ2n) is 6.01. The first-order valence-electron chi connectivity index (χ1n) is 7.87. The van der Waals surface area contributed by atoms with Crippen molar-refractivity contribution in [2.45, 2.75) is 44.2 Å². The number of rotatable bonds is 6. The van der Waals surface area contributed by atoms with E-state index in [2.05, 4.69) is 5.32 Å². The lowest BCUT2D eigenvalue weighted by Gasteiger charge is -2.21. The molecule has 1 aromatic carbocycles. The Kier molecular flexibility index (Phi) is 6.42. The minimum absolute atomic E-state index is 0.0839. The molecule has 0 radical (unpaired) electrons. The third-order valence-corrected chi connectivity index (χ3v) is 4.62. The van der Waals surface area contributed by atoms with Gasteiger partial charge in [0.1, 0.15) is 0 Å². The molecule has 126 valence electrons. The van der Waals surface area contributed by atoms with Crippen LogP contribution >= 0.6 is 11.6 Å². The molecule has 3 N–H and O–H groups in total. The van der Waals surface area contributed by atoms with Gasteiger partial charge in [-0.3, -0.25) is 9.59 Å². The Labute approximate surface area is 141 Å². The van der Waals surface area contributed by atoms with Crippen LogP contribution in [0.2, 0.25) is 5.02 Å². The Morgan fingerprint density at radius 3 is 2.61 bits per heavy atom. The molecule has 1 fully saturated rings. The van der Waals surface area contributed by atoms with E-state index >= 15 is 0 Å². The van der Waals surface area contributed by atoms with E-state index in [0.29, 0.717) is 11.4 Å². The molecule has 2 rings (SSSR count). The number of halogens is 1. The van der Waals surface area contributed by atoms with E-state index in [1.54, 1.807) is 24.3 Å². The van der Waals surface area contributed by atoms with Gasteiger partial charge in [-0.1, -0.05) is 30.2 Å². The molecule has 0 unspecified atom stereocenters. The summed E-state index contributed by atoms with van der Waals surface area (Å²) in [6, 6.07) is 6.75. The van der Waals surface area contributed by atoms with E-state index in [1.807, 2.05) is 0 Å². The lowest BCUT2D eigenvalue weighted by atomic mass is 9.98. The van der Waals surface area contributed by atoms with Gasteiger partial charge in [0.25, 0.3) is 0 Å². The fraction of sp³-hybridized carbons (Fsp3) is 0.529. The first-order valence-corrected chi connectivity index (χ1v) is 8.24. The van der Waals surface area contributed by atoms with Crippen molar-refractivity contribution in [1.82, 2.24) is 5.32 Å². The summed E-state index contributed by atoms with van der Waals surface area (Å²) in [7, 11) is 1.33. The lowest BCUT2D eigenvalue weighted by Crippen LogP contribution is -2.34. The fourth-order valence-electron chi connectivity index (χ4n) is 3.01. The molecule has 0 heterocycles. The number of nitrogens with two attached hydrogens (primary N) is 1. The van der Waals surface area contributed by atoms with Crippen LogP contribution in [0.5, 0.6) is 0 Å². The maximum absolute atomic E-state index is 12.3. The van der Waals surface area contributed by atoms with Crippen molar-refractivity contribution >= 4 is 23.5 Å². The quantitative estimate of drug-likeness (QED) is 0.781. The minimum atomic E-state index is -0.426. The molecule has 1 aliphatic carbocycles. The summed E-state index contributed by atoms with van der Waals surface area (Å²) in [6.45, 7) is 0. The molecule has 1 saturated carbocycles. The van der Waals surface area contributed by atoms with E-state index in [4.69, 9.17) is 22.1 Å². The molecule has 0 bridgehead atoms. The number of hydrogen-bond acceptors (Lipinski definition) is 4. The van der Waals surface area contributed by atoms with E-state index < -0.39 is 6.04 Å². The summed E-state index contributed by atoms with van der Waals surface area (Å²) in [6.07, 6.45) is 3.51. The molecule has 0 saturated heterocycles. The number of benzene rings is 1. The van der Waals surface area contributed by atoms with Crippen LogP contribution in [0, 0.1) is 5.92 Å². The van der Waals surface area contributed by atoms with Gasteiger partial charge in [-0.15, -0.1) is 0 Å². The summed E-state index contributed by atoms with van der Waals surface area (Å²) < 4.78 is 4.72. The minimum Gasteiger partial charge on any atom is -0.469 e. The standard InChI is InChI=1S/C17H23ClN2O3/c1-23-17(22)10-15(11-5-7-13(18)8-6-11)20-16(21)9-12-3-2-4-14(12)19/h5-8,12,14-15H,2-4,9-10,19H2,1H3,(H,20,21)/t12-,14+,15-/m0/s1. The largest absolute Gasteiger partial charge is 0.469 e. The third-order valence-electron chi connectivity index (χ3n) is 4.37. The molecular formula is C17H23ClN2O3. The van der Waals surface area contributed by atoms with E-state index in [0.717, 1.165) is 24.8 Å². The predicted octanol–water partition coefficient (Wildman–Crippen LogP) is 2.58. The van der Waals surface area contributed by atoms with Gasteiger partial charge in [-0.25, -0.2) is 0 Å². The van der Waals surface area contributed by atoms with E-state index in [-0.39, 0.29) is 30.3 Å². The molecular weight excluding hydrogens is 316 g/mol. The van der Waals surface area contributed by atoms with Crippen LogP contribution in [0.15, 0.2) is 24.3 Å². The molecule has 1 amide bonds. The number of ether oxygens (including phenoxy) is 1. The van der Waals surface area contributed by atoms with Crippen molar-refractivity contribution in [2.75, 3.05) is 7.11 Å². The summed E-state index contributed by atoms with van der Waals surface area (Å²) in [4.78, 5) is 23.9. The number of methoxy groups -OCH3 is 1. The SMILES string of the molecule is COC(=O)C[C@H](NC(=O)C[C@@H]1CCC[C@H]1N)c1ccc(Cl)cc1. The maximum Gasteiger partial charge on any atom is 0.307 e. The third kappa shape index (κ3) is 5.22. The average molecular weight is 339 g/mol. The molecule has 0 aliphatic heterocycles. The molecule has 1 aromatic rings. The molecule has 0 spiro atoms. The topological polar surface area (TPSA) is 81.4 Å². The number of esters is 1. The maximum atomic E-state index is 12.3. The van der Waals surface area contributed by atoms with Gasteiger partial charge in [0, 0.05) is 17.5 Å². The van der Waals surface area contributed by atoms with Crippen LogP contribution < -0.4 is 11.1 Å². The smallest absolute Gasteiger partial charge is 0.307 e. The molecule has 23 heavy (non-hydrogen) atoms. The average Bonchev–Trinajstić information content (AvgIpc) is 2.92. The van der Waals surface area contributed by atoms with Crippen LogP contribution in [0.4, 0.5) is 0 Å². The Balaban J connectivity index is 2.02. The lowest BCUT2D eigenvalue weighted by molar-refractivity contribution is -0.141. The van der Waals surface area contributed by atoms with Crippen LogP contribution in [-0.2, 0) is 14.3 Å². The zero-order valence-corrected chi connectivity index (χ0v) is 14.0. The van der Waals surface area contributed by atoms with Gasteiger partial charge in [-0.05, 0) is 36.5 Å². The predicted molar refractivity (Wildman–Crippen MR) is 88.9 cm³/mol. The first-order chi connectivity index (χ1) is 11.0. The highest BCUT2D eigenvalue weighted by Crippen LogP contribution is 2.27. The van der Waals surface area contributed by atoms with Gasteiger partial charge in [0.05, 0.1) is 19.6 Å². The summed E-state index contributed by atoms with van der Waals surface area (Å²) >= 11 is 5.89. The zero-order valence-electron chi connectivity index (χ0n) is 13.3. The Hall–Kier alpha value is -1.59. The number of amides is 1. The van der Waals surface area contributed by atoms with Crippen molar-refractivity contribution < 1.29 is 14.3 Å². The van der Waals surface area contributed by atoms with Crippen molar-refractivity contribution in [3.63, 3.8) is 0 Å². The van der Waals surface area contributed by atoms with Crippen molar-refractivity contribution in [3.05, 3.63) is 34.9 Å². The first kappa shape index (κ1) is 17.8. The number of carbonyl (C=O) groups is 2. The van der Waals surface area contributed by atoms with E-state index in [9.17, 15) is 9.59 Å². The Morgan fingerprint density at radius 2 is 2.04 bits per heavy atom. The highest BCUT2D eigenvalue weighted by Gasteiger charge is 2.27. The molecule has 5 nitrogen and oxygen atoms in total. The van der Waals surface area contributed by atoms with Crippen molar-refractivity contribution in [1.29, 1.82) is 0 Å². The van der Waals surface area contributed by atoms with Gasteiger partial charge < -0.3 is 15.8 Å². The van der Waals surface area contributed by atoms with Crippen LogP contribution in [0.25, 0.3) is 0 Å². The van der Waals surface area contributed by atoms with Gasteiger partial charge in [0.15, 0.2) is 0 Å². The molecule has 0 aromatic heterocycles. The number of nitrogens with one attached hydrogen (secondary N) is 1. The second kappa shape index (κ2) is 8.31.